The first-order valence-corrected chi connectivity index (χ1v) is 8.96. The molecule has 3 heteroatoms. The Morgan fingerprint density at radius 3 is 2.62 bits per heavy atom. The van der Waals surface area contributed by atoms with Gasteiger partial charge >= 0.3 is 0 Å². The lowest BCUT2D eigenvalue weighted by Gasteiger charge is -2.31. The molecule has 4 unspecified atom stereocenters. The van der Waals surface area contributed by atoms with E-state index in [9.17, 15) is 5.26 Å². The van der Waals surface area contributed by atoms with Gasteiger partial charge in [-0.2, -0.15) is 5.26 Å². The summed E-state index contributed by atoms with van der Waals surface area (Å²) < 4.78 is 5.61. The molecule has 0 amide bonds. The van der Waals surface area contributed by atoms with Gasteiger partial charge in [0, 0.05) is 12.6 Å². The number of nitriles is 1. The molecule has 2 aliphatic carbocycles. The minimum absolute atomic E-state index is 0.192. The molecule has 1 aromatic heterocycles. The molecule has 0 N–H and O–H groups in total. The van der Waals surface area contributed by atoms with Crippen LogP contribution in [0, 0.1) is 23.2 Å². The normalized spacial score (nSPS) is 25.2. The van der Waals surface area contributed by atoms with Crippen molar-refractivity contribution in [3.63, 3.8) is 0 Å². The molecule has 1 aromatic carbocycles. The van der Waals surface area contributed by atoms with Crippen LogP contribution >= 0.6 is 0 Å². The van der Waals surface area contributed by atoms with Gasteiger partial charge in [0.1, 0.15) is 11.7 Å². The third-order valence-corrected chi connectivity index (χ3v) is 5.59. The van der Waals surface area contributed by atoms with Gasteiger partial charge in [-0.25, -0.2) is 0 Å². The molecule has 124 valence electrons. The molecule has 2 saturated carbocycles. The average molecular weight is 320 g/mol. The van der Waals surface area contributed by atoms with Crippen LogP contribution in [-0.4, -0.2) is 24.5 Å². The summed E-state index contributed by atoms with van der Waals surface area (Å²) in [5, 5.41) is 9.86. The van der Waals surface area contributed by atoms with Crippen molar-refractivity contribution in [3.8, 4) is 6.07 Å². The number of hydrogen-bond donors (Lipinski definition) is 0. The van der Waals surface area contributed by atoms with Gasteiger partial charge in [-0.05, 0) is 61.8 Å². The van der Waals surface area contributed by atoms with Gasteiger partial charge in [-0.15, -0.1) is 0 Å². The van der Waals surface area contributed by atoms with Crippen LogP contribution < -0.4 is 0 Å². The molecule has 0 aliphatic heterocycles. The van der Waals surface area contributed by atoms with Crippen LogP contribution in [0.2, 0.25) is 0 Å². The summed E-state index contributed by atoms with van der Waals surface area (Å²) in [4.78, 5) is 2.43. The summed E-state index contributed by atoms with van der Waals surface area (Å²) in [5.74, 6) is 2.54. The van der Waals surface area contributed by atoms with Gasteiger partial charge in [0.15, 0.2) is 0 Å². The average Bonchev–Trinajstić information content (AvgIpc) is 3.52. The summed E-state index contributed by atoms with van der Waals surface area (Å²) in [5.41, 5.74) is 1.41. The topological polar surface area (TPSA) is 40.2 Å². The van der Waals surface area contributed by atoms with Crippen molar-refractivity contribution in [2.24, 2.45) is 11.8 Å². The molecule has 0 bridgehead atoms. The first kappa shape index (κ1) is 15.5. The minimum Gasteiger partial charge on any atom is -0.468 e. The molecule has 0 saturated heterocycles. The number of furan rings is 1. The van der Waals surface area contributed by atoms with Crippen molar-refractivity contribution < 1.29 is 4.42 Å². The highest BCUT2D eigenvalue weighted by Crippen LogP contribution is 2.53. The van der Waals surface area contributed by atoms with E-state index in [0.29, 0.717) is 11.8 Å². The van der Waals surface area contributed by atoms with E-state index in [1.54, 1.807) is 6.26 Å². The maximum Gasteiger partial charge on any atom is 0.122 e. The van der Waals surface area contributed by atoms with Crippen LogP contribution in [0.15, 0.2) is 53.1 Å². The zero-order chi connectivity index (χ0) is 16.5. The second kappa shape index (κ2) is 6.45. The Hall–Kier alpha value is -2.05. The standard InChI is InChI=1S/C21H24N2O/c1-23(14-15-9-10-15)21(19(13-22)20-8-5-11-24-20)18-12-17(18)16-6-3-2-4-7-16/h2-8,11,15,17-19,21H,9-10,12,14H2,1H3. The Bertz CT molecular complexity index is 699. The fourth-order valence-corrected chi connectivity index (χ4v) is 4.11. The largest absolute Gasteiger partial charge is 0.468 e. The first-order valence-electron chi connectivity index (χ1n) is 8.96. The molecule has 0 spiro atoms. The zero-order valence-corrected chi connectivity index (χ0v) is 14.1. The maximum absolute atomic E-state index is 9.86. The molecular weight excluding hydrogens is 296 g/mol. The third kappa shape index (κ3) is 3.12. The van der Waals surface area contributed by atoms with Crippen LogP contribution in [0.5, 0.6) is 0 Å². The van der Waals surface area contributed by atoms with Gasteiger partial charge in [0.05, 0.1) is 12.3 Å². The monoisotopic (exact) mass is 320 g/mol. The van der Waals surface area contributed by atoms with Crippen molar-refractivity contribution in [1.29, 1.82) is 5.26 Å². The van der Waals surface area contributed by atoms with Crippen molar-refractivity contribution >= 4 is 0 Å². The maximum atomic E-state index is 9.86. The fraction of sp³-hybridized carbons (Fsp3) is 0.476. The van der Waals surface area contributed by atoms with Crippen molar-refractivity contribution in [2.45, 2.75) is 37.1 Å². The molecule has 2 fully saturated rings. The number of rotatable bonds is 7. The zero-order valence-electron chi connectivity index (χ0n) is 14.1. The predicted molar refractivity (Wildman–Crippen MR) is 93.5 cm³/mol. The highest BCUT2D eigenvalue weighted by Gasteiger charge is 2.49. The van der Waals surface area contributed by atoms with Crippen LogP contribution in [0.25, 0.3) is 0 Å². The Kier molecular flexibility index (Phi) is 4.16. The Labute approximate surface area is 143 Å². The summed E-state index contributed by atoms with van der Waals surface area (Å²) in [6, 6.07) is 17.3. The van der Waals surface area contributed by atoms with Gasteiger partial charge in [0.2, 0.25) is 0 Å². The van der Waals surface area contributed by atoms with Crippen LogP contribution in [-0.2, 0) is 0 Å². The highest BCUT2D eigenvalue weighted by atomic mass is 16.3. The molecule has 2 aromatic rings. The summed E-state index contributed by atoms with van der Waals surface area (Å²) in [6.07, 6.45) is 5.52. The lowest BCUT2D eigenvalue weighted by atomic mass is 9.91. The first-order chi connectivity index (χ1) is 11.8. The van der Waals surface area contributed by atoms with Crippen LogP contribution in [0.1, 0.15) is 42.4 Å². The second-order valence-electron chi connectivity index (χ2n) is 7.41. The third-order valence-electron chi connectivity index (χ3n) is 5.59. The second-order valence-corrected chi connectivity index (χ2v) is 7.41. The molecule has 1 heterocycles. The lowest BCUT2D eigenvalue weighted by molar-refractivity contribution is 0.185. The molecule has 0 radical (unpaired) electrons. The van der Waals surface area contributed by atoms with Gasteiger partial charge < -0.3 is 9.32 Å². The molecule has 3 nitrogen and oxygen atoms in total. The number of nitrogens with zero attached hydrogens (tertiary/aromatic N) is 2. The van der Waals surface area contributed by atoms with E-state index in [1.165, 1.54) is 24.8 Å². The van der Waals surface area contributed by atoms with E-state index in [4.69, 9.17) is 4.42 Å². The van der Waals surface area contributed by atoms with Gasteiger partial charge in [-0.1, -0.05) is 30.3 Å². The highest BCUT2D eigenvalue weighted by molar-refractivity contribution is 5.30. The van der Waals surface area contributed by atoms with E-state index in [0.717, 1.165) is 18.2 Å². The van der Waals surface area contributed by atoms with Crippen LogP contribution in [0.4, 0.5) is 0 Å². The van der Waals surface area contributed by atoms with Gasteiger partial charge in [0.25, 0.3) is 0 Å². The van der Waals surface area contributed by atoms with Crippen LogP contribution in [0.3, 0.4) is 0 Å². The minimum atomic E-state index is -0.192. The van der Waals surface area contributed by atoms with Crippen molar-refractivity contribution in [2.75, 3.05) is 13.6 Å². The molecular formula is C21H24N2O. The van der Waals surface area contributed by atoms with E-state index >= 15 is 0 Å². The van der Waals surface area contributed by atoms with E-state index in [-0.39, 0.29) is 12.0 Å². The predicted octanol–water partition coefficient (Wildman–Crippen LogP) is 4.40. The molecule has 24 heavy (non-hydrogen) atoms. The van der Waals surface area contributed by atoms with E-state index in [1.807, 2.05) is 12.1 Å². The van der Waals surface area contributed by atoms with Crippen molar-refractivity contribution in [3.05, 3.63) is 60.1 Å². The smallest absolute Gasteiger partial charge is 0.122 e. The quantitative estimate of drug-likeness (QED) is 0.759. The SMILES string of the molecule is CN(CC1CC1)C(C(C#N)c1ccco1)C1CC1c1ccccc1. The van der Waals surface area contributed by atoms with Crippen molar-refractivity contribution in [1.82, 2.24) is 4.90 Å². The number of benzene rings is 1. The Morgan fingerprint density at radius 2 is 2.00 bits per heavy atom. The van der Waals surface area contributed by atoms with Gasteiger partial charge in [-0.3, -0.25) is 0 Å². The van der Waals surface area contributed by atoms with E-state index < -0.39 is 0 Å². The Morgan fingerprint density at radius 1 is 1.21 bits per heavy atom. The summed E-state index contributed by atoms with van der Waals surface area (Å²) >= 11 is 0. The summed E-state index contributed by atoms with van der Waals surface area (Å²) in [6.45, 7) is 1.10. The van der Waals surface area contributed by atoms with E-state index in [2.05, 4.69) is 48.3 Å². The lowest BCUT2D eigenvalue weighted by Crippen LogP contribution is -2.39. The summed E-state index contributed by atoms with van der Waals surface area (Å²) in [7, 11) is 2.19. The Balaban J connectivity index is 1.58. The number of hydrogen-bond acceptors (Lipinski definition) is 3. The molecule has 4 atom stereocenters. The fourth-order valence-electron chi connectivity index (χ4n) is 4.11. The molecule has 4 rings (SSSR count). The number of likely N-dealkylation sites (N-methyl/N-ethyl adjacent to an activating group) is 1. The molecule has 2 aliphatic rings.